The Morgan fingerprint density at radius 2 is 1.75 bits per heavy atom. The fourth-order valence-corrected chi connectivity index (χ4v) is 3.85. The molecule has 0 bridgehead atoms. The van der Waals surface area contributed by atoms with Crippen LogP contribution < -0.4 is 9.80 Å². The van der Waals surface area contributed by atoms with Crippen LogP contribution in [0.25, 0.3) is 0 Å². The molecule has 0 radical (unpaired) electrons. The molecule has 2 aliphatic heterocycles. The van der Waals surface area contributed by atoms with Crippen molar-refractivity contribution in [1.29, 1.82) is 0 Å². The molecule has 4 rings (SSSR count). The molecule has 4 heterocycles. The maximum absolute atomic E-state index is 4.52. The zero-order valence-corrected chi connectivity index (χ0v) is 14.3. The lowest BCUT2D eigenvalue weighted by Gasteiger charge is -2.34. The molecule has 0 aliphatic carbocycles. The molecule has 2 fully saturated rings. The summed E-state index contributed by atoms with van der Waals surface area (Å²) in [5.74, 6) is 2.87. The van der Waals surface area contributed by atoms with Crippen molar-refractivity contribution in [2.75, 3.05) is 36.0 Å². The van der Waals surface area contributed by atoms with Gasteiger partial charge in [0.15, 0.2) is 0 Å². The summed E-state index contributed by atoms with van der Waals surface area (Å²) >= 11 is 0. The van der Waals surface area contributed by atoms with Gasteiger partial charge in [-0.2, -0.15) is 5.10 Å². The molecule has 7 heteroatoms. The first-order chi connectivity index (χ1) is 11.8. The monoisotopic (exact) mass is 327 g/mol. The Morgan fingerprint density at radius 3 is 2.46 bits per heavy atom. The number of anilines is 2. The molecule has 24 heavy (non-hydrogen) atoms. The number of hydrogen-bond acceptors (Lipinski definition) is 6. The van der Waals surface area contributed by atoms with E-state index in [2.05, 4.69) is 42.8 Å². The Bertz CT molecular complexity index is 649. The minimum atomic E-state index is 0.452. The summed E-state index contributed by atoms with van der Waals surface area (Å²) in [7, 11) is 0. The Morgan fingerprint density at radius 1 is 0.958 bits per heavy atom. The van der Waals surface area contributed by atoms with E-state index in [1.54, 1.807) is 12.7 Å². The van der Waals surface area contributed by atoms with Gasteiger partial charge in [-0.1, -0.05) is 6.92 Å². The van der Waals surface area contributed by atoms with Gasteiger partial charge in [-0.05, 0) is 31.6 Å². The second-order valence-corrected chi connectivity index (χ2v) is 7.02. The largest absolute Gasteiger partial charge is 0.356 e. The minimum Gasteiger partial charge on any atom is -0.356 e. The fourth-order valence-electron chi connectivity index (χ4n) is 3.85. The van der Waals surface area contributed by atoms with Crippen molar-refractivity contribution in [3.63, 3.8) is 0 Å². The summed E-state index contributed by atoms with van der Waals surface area (Å²) in [6, 6.07) is 2.61. The van der Waals surface area contributed by atoms with Gasteiger partial charge in [0.2, 0.25) is 0 Å². The van der Waals surface area contributed by atoms with E-state index >= 15 is 0 Å². The van der Waals surface area contributed by atoms with Crippen LogP contribution in [0.4, 0.5) is 11.6 Å². The number of hydrogen-bond donors (Lipinski definition) is 0. The smallest absolute Gasteiger partial charge is 0.137 e. The van der Waals surface area contributed by atoms with E-state index in [4.69, 9.17) is 0 Å². The van der Waals surface area contributed by atoms with Crippen LogP contribution in [-0.2, 0) is 0 Å². The van der Waals surface area contributed by atoms with E-state index in [0.29, 0.717) is 6.04 Å². The van der Waals surface area contributed by atoms with E-state index in [1.165, 1.54) is 12.8 Å². The maximum atomic E-state index is 4.52. The van der Waals surface area contributed by atoms with Gasteiger partial charge in [0.05, 0.1) is 6.04 Å². The van der Waals surface area contributed by atoms with Crippen molar-refractivity contribution < 1.29 is 0 Å². The summed E-state index contributed by atoms with van der Waals surface area (Å²) in [6.45, 7) is 6.53. The van der Waals surface area contributed by atoms with Gasteiger partial charge >= 0.3 is 0 Å². The van der Waals surface area contributed by atoms with Gasteiger partial charge < -0.3 is 9.80 Å². The van der Waals surface area contributed by atoms with E-state index in [1.807, 2.05) is 11.0 Å². The second-order valence-electron chi connectivity index (χ2n) is 7.02. The molecular weight excluding hydrogens is 302 g/mol. The first-order valence-electron chi connectivity index (χ1n) is 8.95. The third-order valence-electron chi connectivity index (χ3n) is 5.22. The highest BCUT2D eigenvalue weighted by molar-refractivity contribution is 5.50. The van der Waals surface area contributed by atoms with Gasteiger partial charge in [0, 0.05) is 32.2 Å². The third-order valence-corrected chi connectivity index (χ3v) is 5.22. The van der Waals surface area contributed by atoms with Gasteiger partial charge in [-0.3, -0.25) is 0 Å². The summed E-state index contributed by atoms with van der Waals surface area (Å²) in [5, 5.41) is 4.27. The van der Waals surface area contributed by atoms with Crippen LogP contribution in [0, 0.1) is 5.92 Å². The van der Waals surface area contributed by atoms with Crippen LogP contribution in [0.3, 0.4) is 0 Å². The SMILES string of the molecule is CC1CCCN(c2cc(N3CCC(n4cncn4)CC3)ncn2)C1. The van der Waals surface area contributed by atoms with E-state index < -0.39 is 0 Å². The number of nitrogens with zero attached hydrogens (tertiary/aromatic N) is 7. The topological polar surface area (TPSA) is 63.0 Å². The number of piperidine rings is 2. The van der Waals surface area contributed by atoms with Crippen LogP contribution in [0.15, 0.2) is 25.0 Å². The molecule has 1 atom stereocenters. The molecule has 2 aliphatic rings. The molecule has 2 aromatic heterocycles. The molecule has 2 aromatic rings. The molecule has 2 saturated heterocycles. The summed E-state index contributed by atoms with van der Waals surface area (Å²) < 4.78 is 1.98. The molecule has 0 aromatic carbocycles. The average molecular weight is 327 g/mol. The lowest BCUT2D eigenvalue weighted by atomic mass is 10.0. The quantitative estimate of drug-likeness (QED) is 0.861. The standard InChI is InChI=1S/C17H25N7/c1-14-3-2-6-23(10-14)17-9-16(19-12-20-17)22-7-4-15(5-8-22)24-13-18-11-21-24/h9,11-15H,2-8,10H2,1H3. The van der Waals surface area contributed by atoms with E-state index in [9.17, 15) is 0 Å². The van der Waals surface area contributed by atoms with Crippen molar-refractivity contribution in [3.05, 3.63) is 25.0 Å². The summed E-state index contributed by atoms with van der Waals surface area (Å²) in [6.07, 6.45) is 9.87. The summed E-state index contributed by atoms with van der Waals surface area (Å²) in [4.78, 5) is 17.9. The zero-order chi connectivity index (χ0) is 16.4. The third kappa shape index (κ3) is 3.20. The normalized spacial score (nSPS) is 22.8. The maximum Gasteiger partial charge on any atom is 0.137 e. The summed E-state index contributed by atoms with van der Waals surface area (Å²) in [5.41, 5.74) is 0. The highest BCUT2D eigenvalue weighted by atomic mass is 15.3. The zero-order valence-electron chi connectivity index (χ0n) is 14.3. The Kier molecular flexibility index (Phi) is 4.32. The van der Waals surface area contributed by atoms with Crippen LogP contribution >= 0.6 is 0 Å². The van der Waals surface area contributed by atoms with Crippen molar-refractivity contribution in [2.45, 2.75) is 38.6 Å². The minimum absolute atomic E-state index is 0.452. The molecule has 0 amide bonds. The van der Waals surface area contributed by atoms with Gasteiger partial charge in [0.1, 0.15) is 30.6 Å². The number of rotatable bonds is 3. The first-order valence-corrected chi connectivity index (χ1v) is 8.95. The molecular formula is C17H25N7. The van der Waals surface area contributed by atoms with E-state index in [0.717, 1.165) is 56.6 Å². The predicted octanol–water partition coefficient (Wildman–Crippen LogP) is 2.15. The van der Waals surface area contributed by atoms with Crippen LogP contribution in [0.2, 0.25) is 0 Å². The predicted molar refractivity (Wildman–Crippen MR) is 93.1 cm³/mol. The average Bonchev–Trinajstić information content (AvgIpc) is 3.17. The highest BCUT2D eigenvalue weighted by Crippen LogP contribution is 2.27. The Balaban J connectivity index is 1.42. The fraction of sp³-hybridized carbons (Fsp3) is 0.647. The first kappa shape index (κ1) is 15.4. The van der Waals surface area contributed by atoms with Gasteiger partial charge in [0.25, 0.3) is 0 Å². The lowest BCUT2D eigenvalue weighted by Crippen LogP contribution is -2.37. The van der Waals surface area contributed by atoms with Crippen molar-refractivity contribution in [2.24, 2.45) is 5.92 Å². The number of aromatic nitrogens is 5. The van der Waals surface area contributed by atoms with Gasteiger partial charge in [-0.25, -0.2) is 19.6 Å². The second kappa shape index (κ2) is 6.75. The van der Waals surface area contributed by atoms with Crippen LogP contribution in [0.1, 0.15) is 38.6 Å². The molecule has 0 saturated carbocycles. The molecule has 1 unspecified atom stereocenters. The van der Waals surface area contributed by atoms with Crippen molar-refractivity contribution in [1.82, 2.24) is 24.7 Å². The Hall–Kier alpha value is -2.18. The van der Waals surface area contributed by atoms with Crippen molar-refractivity contribution >= 4 is 11.6 Å². The van der Waals surface area contributed by atoms with Crippen LogP contribution in [-0.4, -0.2) is 50.9 Å². The van der Waals surface area contributed by atoms with E-state index in [-0.39, 0.29) is 0 Å². The molecule has 0 N–H and O–H groups in total. The highest BCUT2D eigenvalue weighted by Gasteiger charge is 2.23. The molecule has 7 nitrogen and oxygen atoms in total. The lowest BCUT2D eigenvalue weighted by molar-refractivity contribution is 0.365. The Labute approximate surface area is 142 Å². The molecule has 0 spiro atoms. The molecule has 128 valence electrons. The van der Waals surface area contributed by atoms with Gasteiger partial charge in [-0.15, -0.1) is 0 Å². The van der Waals surface area contributed by atoms with Crippen LogP contribution in [0.5, 0.6) is 0 Å². The van der Waals surface area contributed by atoms with Crippen molar-refractivity contribution in [3.8, 4) is 0 Å².